The monoisotopic (exact) mass is 308 g/mol. The summed E-state index contributed by atoms with van der Waals surface area (Å²) in [5.41, 5.74) is 5.22. The maximum absolute atomic E-state index is 13.0. The van der Waals surface area contributed by atoms with Crippen LogP contribution >= 0.6 is 11.3 Å². The number of nitrogens with one attached hydrogen (secondary N) is 1. The molecule has 1 aromatic heterocycles. The molecule has 9 heteroatoms. The normalized spacial score (nSPS) is 11.5. The van der Waals surface area contributed by atoms with Gasteiger partial charge < -0.3 is 5.73 Å². The number of hydrogen-bond acceptors (Lipinski definition) is 4. The summed E-state index contributed by atoms with van der Waals surface area (Å²) in [6, 6.07) is 2.29. The number of sulfonamides is 1. The average molecular weight is 308 g/mol. The number of thiophene rings is 1. The van der Waals surface area contributed by atoms with E-state index in [-0.39, 0.29) is 9.90 Å². The molecule has 0 amide bonds. The van der Waals surface area contributed by atoms with E-state index in [1.54, 1.807) is 0 Å². The summed E-state index contributed by atoms with van der Waals surface area (Å²) in [5, 5.41) is 1.40. The number of anilines is 2. The molecule has 4 nitrogen and oxygen atoms in total. The Balaban J connectivity index is 2.36. The molecule has 3 N–H and O–H groups in total. The largest absolute Gasteiger partial charge is 0.398 e. The second-order valence-corrected chi connectivity index (χ2v) is 6.38. The van der Waals surface area contributed by atoms with E-state index in [2.05, 4.69) is 0 Å². The summed E-state index contributed by atoms with van der Waals surface area (Å²) in [5.74, 6) is -4.63. The smallest absolute Gasteiger partial charge is 0.271 e. The molecule has 19 heavy (non-hydrogen) atoms. The minimum atomic E-state index is -4.01. The van der Waals surface area contributed by atoms with Crippen molar-refractivity contribution < 1.29 is 21.6 Å². The van der Waals surface area contributed by atoms with Crippen molar-refractivity contribution >= 4 is 32.7 Å². The molecule has 0 aliphatic rings. The van der Waals surface area contributed by atoms with Crippen LogP contribution in [-0.4, -0.2) is 8.42 Å². The number of benzene rings is 1. The minimum absolute atomic E-state index is 0.116. The van der Waals surface area contributed by atoms with Crippen molar-refractivity contribution in [1.82, 2.24) is 0 Å². The molecule has 2 rings (SSSR count). The molecule has 0 aliphatic carbocycles. The predicted octanol–water partition coefficient (Wildman–Crippen LogP) is 2.55. The number of nitrogens with two attached hydrogens (primary N) is 1. The Morgan fingerprint density at radius 1 is 1.11 bits per heavy atom. The van der Waals surface area contributed by atoms with E-state index in [1.807, 2.05) is 4.72 Å². The summed E-state index contributed by atoms with van der Waals surface area (Å²) in [7, 11) is -4.01. The van der Waals surface area contributed by atoms with Crippen molar-refractivity contribution in [2.45, 2.75) is 4.21 Å². The Morgan fingerprint density at radius 3 is 2.16 bits per heavy atom. The lowest BCUT2D eigenvalue weighted by Gasteiger charge is -2.07. The van der Waals surface area contributed by atoms with Gasteiger partial charge in [-0.15, -0.1) is 11.3 Å². The van der Waals surface area contributed by atoms with Gasteiger partial charge in [-0.2, -0.15) is 0 Å². The maximum atomic E-state index is 13.0. The molecule has 1 heterocycles. The molecule has 0 saturated carbocycles. The second kappa shape index (κ2) is 4.74. The summed E-state index contributed by atoms with van der Waals surface area (Å²) >= 11 is 0.850. The van der Waals surface area contributed by atoms with Gasteiger partial charge in [0.2, 0.25) is 0 Å². The molecule has 1 aromatic carbocycles. The van der Waals surface area contributed by atoms with Crippen LogP contribution in [-0.2, 0) is 10.0 Å². The van der Waals surface area contributed by atoms with E-state index in [1.165, 1.54) is 11.4 Å². The first-order chi connectivity index (χ1) is 8.79. The molecule has 0 aliphatic heterocycles. The highest BCUT2D eigenvalue weighted by Crippen LogP contribution is 2.25. The topological polar surface area (TPSA) is 72.2 Å². The van der Waals surface area contributed by atoms with Crippen LogP contribution in [0.2, 0.25) is 0 Å². The molecule has 0 radical (unpaired) electrons. The summed E-state index contributed by atoms with van der Waals surface area (Å²) in [6.07, 6.45) is 0. The Labute approximate surface area is 110 Å². The van der Waals surface area contributed by atoms with Crippen LogP contribution in [0.3, 0.4) is 0 Å². The third kappa shape index (κ3) is 2.82. The lowest BCUT2D eigenvalue weighted by molar-refractivity contribution is 0.448. The fraction of sp³-hybridized carbons (Fsp3) is 0. The van der Waals surface area contributed by atoms with Crippen LogP contribution in [0.4, 0.5) is 24.5 Å². The summed E-state index contributed by atoms with van der Waals surface area (Å²) in [6.45, 7) is 0. The molecule has 2 aromatic rings. The Morgan fingerprint density at radius 2 is 1.68 bits per heavy atom. The average Bonchev–Trinajstić information content (AvgIpc) is 2.73. The lowest BCUT2D eigenvalue weighted by Crippen LogP contribution is -2.12. The lowest BCUT2D eigenvalue weighted by atomic mass is 10.3. The molecule has 0 fully saturated rings. The quantitative estimate of drug-likeness (QED) is 0.856. The highest BCUT2D eigenvalue weighted by molar-refractivity contribution is 7.94. The third-order valence-corrected chi connectivity index (χ3v) is 4.94. The first kappa shape index (κ1) is 13.7. The fourth-order valence-electron chi connectivity index (χ4n) is 1.29. The van der Waals surface area contributed by atoms with Gasteiger partial charge in [0.15, 0.2) is 17.5 Å². The summed E-state index contributed by atoms with van der Waals surface area (Å²) < 4.78 is 64.1. The van der Waals surface area contributed by atoms with Gasteiger partial charge in [0, 0.05) is 23.2 Å². The van der Waals surface area contributed by atoms with Crippen LogP contribution in [0.1, 0.15) is 0 Å². The van der Waals surface area contributed by atoms with E-state index >= 15 is 0 Å². The van der Waals surface area contributed by atoms with Crippen LogP contribution in [0.25, 0.3) is 0 Å². The molecule has 0 spiro atoms. The van der Waals surface area contributed by atoms with E-state index in [0.29, 0.717) is 12.1 Å². The number of halogens is 3. The molecular formula is C10H7F3N2O2S2. The van der Waals surface area contributed by atoms with Gasteiger partial charge >= 0.3 is 0 Å². The van der Waals surface area contributed by atoms with E-state index in [0.717, 1.165) is 11.3 Å². The van der Waals surface area contributed by atoms with Crippen molar-refractivity contribution in [3.05, 3.63) is 41.0 Å². The van der Waals surface area contributed by atoms with Crippen molar-refractivity contribution in [3.63, 3.8) is 0 Å². The fourth-order valence-corrected chi connectivity index (χ4v) is 3.41. The van der Waals surface area contributed by atoms with Gasteiger partial charge in [0.05, 0.1) is 5.69 Å². The van der Waals surface area contributed by atoms with E-state index in [4.69, 9.17) is 5.73 Å². The minimum Gasteiger partial charge on any atom is -0.398 e. The second-order valence-electron chi connectivity index (χ2n) is 3.56. The molecular weight excluding hydrogens is 301 g/mol. The summed E-state index contributed by atoms with van der Waals surface area (Å²) in [4.78, 5) is 0. The predicted molar refractivity (Wildman–Crippen MR) is 65.9 cm³/mol. The zero-order chi connectivity index (χ0) is 14.2. The van der Waals surface area contributed by atoms with Crippen LogP contribution in [0, 0.1) is 17.5 Å². The Bertz CT molecular complexity index is 705. The Hall–Kier alpha value is -1.74. The van der Waals surface area contributed by atoms with E-state index in [9.17, 15) is 21.6 Å². The SMILES string of the molecule is Nc1csc(S(=O)(=O)Nc2cc(F)c(F)c(F)c2)c1. The zero-order valence-corrected chi connectivity index (χ0v) is 10.8. The third-order valence-electron chi connectivity index (χ3n) is 2.10. The zero-order valence-electron chi connectivity index (χ0n) is 9.15. The molecule has 0 atom stereocenters. The molecule has 0 unspecified atom stereocenters. The van der Waals surface area contributed by atoms with Crippen LogP contribution in [0.5, 0.6) is 0 Å². The van der Waals surface area contributed by atoms with Gasteiger partial charge in [0.1, 0.15) is 4.21 Å². The van der Waals surface area contributed by atoms with Gasteiger partial charge in [0.25, 0.3) is 10.0 Å². The highest BCUT2D eigenvalue weighted by atomic mass is 32.2. The van der Waals surface area contributed by atoms with Gasteiger partial charge in [-0.1, -0.05) is 0 Å². The number of rotatable bonds is 3. The number of nitrogen functional groups attached to an aromatic ring is 1. The molecule has 102 valence electrons. The first-order valence-electron chi connectivity index (χ1n) is 4.81. The van der Waals surface area contributed by atoms with Crippen LogP contribution in [0.15, 0.2) is 27.8 Å². The highest BCUT2D eigenvalue weighted by Gasteiger charge is 2.19. The van der Waals surface area contributed by atoms with Crippen molar-refractivity contribution in [1.29, 1.82) is 0 Å². The molecule has 0 bridgehead atoms. The maximum Gasteiger partial charge on any atom is 0.271 e. The van der Waals surface area contributed by atoms with Crippen LogP contribution < -0.4 is 10.5 Å². The van der Waals surface area contributed by atoms with E-state index < -0.39 is 33.2 Å². The van der Waals surface area contributed by atoms with Gasteiger partial charge in [-0.05, 0) is 6.07 Å². The van der Waals surface area contributed by atoms with Crippen molar-refractivity contribution in [2.24, 2.45) is 0 Å². The van der Waals surface area contributed by atoms with Gasteiger partial charge in [-0.3, -0.25) is 4.72 Å². The van der Waals surface area contributed by atoms with Gasteiger partial charge in [-0.25, -0.2) is 21.6 Å². The first-order valence-corrected chi connectivity index (χ1v) is 7.17. The number of hydrogen-bond donors (Lipinski definition) is 2. The van der Waals surface area contributed by atoms with Crippen molar-refractivity contribution in [2.75, 3.05) is 10.5 Å². The Kier molecular flexibility index (Phi) is 3.42. The standard InChI is InChI=1S/C10H7F3N2O2S2/c11-7-2-6(3-8(12)10(7)13)15-19(16,17)9-1-5(14)4-18-9/h1-4,15H,14H2. The molecule has 0 saturated heterocycles. The van der Waals surface area contributed by atoms with Crippen molar-refractivity contribution in [3.8, 4) is 0 Å².